The van der Waals surface area contributed by atoms with Crippen molar-refractivity contribution in [2.24, 2.45) is 0 Å². The summed E-state index contributed by atoms with van der Waals surface area (Å²) in [5.41, 5.74) is 0.898. The van der Waals surface area contributed by atoms with E-state index in [1.54, 1.807) is 0 Å². The van der Waals surface area contributed by atoms with Gasteiger partial charge in [-0.25, -0.2) is 4.98 Å². The fraction of sp³-hybridized carbons (Fsp3) is 0.214. The van der Waals surface area contributed by atoms with Crippen molar-refractivity contribution in [1.29, 1.82) is 0 Å². The normalized spacial score (nSPS) is 11.9. The summed E-state index contributed by atoms with van der Waals surface area (Å²) >= 11 is 5.76. The number of benzene rings is 1. The summed E-state index contributed by atoms with van der Waals surface area (Å²) in [5, 5.41) is 23.2. The van der Waals surface area contributed by atoms with Gasteiger partial charge in [-0.2, -0.15) is 0 Å². The van der Waals surface area contributed by atoms with Crippen molar-refractivity contribution in [1.82, 2.24) is 4.98 Å². The van der Waals surface area contributed by atoms with Crippen LogP contribution in [0.5, 0.6) is 0 Å². The van der Waals surface area contributed by atoms with Gasteiger partial charge in [-0.1, -0.05) is 41.9 Å². The minimum Gasteiger partial charge on any atom is -0.394 e. The molecule has 0 aliphatic carbocycles. The lowest BCUT2D eigenvalue weighted by Gasteiger charge is -2.17. The van der Waals surface area contributed by atoms with Gasteiger partial charge in [-0.05, 0) is 12.0 Å². The Labute approximate surface area is 126 Å². The van der Waals surface area contributed by atoms with Crippen LogP contribution in [0.1, 0.15) is 5.56 Å². The van der Waals surface area contributed by atoms with Gasteiger partial charge in [0.25, 0.3) is 5.69 Å². The van der Waals surface area contributed by atoms with Gasteiger partial charge in [0.1, 0.15) is 11.0 Å². The molecule has 1 aromatic heterocycles. The summed E-state index contributed by atoms with van der Waals surface area (Å²) in [6.07, 6.45) is 0.569. The van der Waals surface area contributed by atoms with Crippen LogP contribution in [0.2, 0.25) is 5.15 Å². The molecule has 0 saturated heterocycles. The van der Waals surface area contributed by atoms with Gasteiger partial charge < -0.3 is 10.4 Å². The number of aliphatic hydroxyl groups excluding tert-OH is 1. The first-order chi connectivity index (χ1) is 10.1. The maximum atomic E-state index is 10.8. The summed E-state index contributed by atoms with van der Waals surface area (Å²) < 4.78 is 0. The molecule has 0 bridgehead atoms. The summed E-state index contributed by atoms with van der Waals surface area (Å²) in [7, 11) is 0. The fourth-order valence-corrected chi connectivity index (χ4v) is 2.13. The van der Waals surface area contributed by atoms with Gasteiger partial charge in [0, 0.05) is 0 Å². The third kappa shape index (κ3) is 4.40. The third-order valence-electron chi connectivity index (χ3n) is 2.89. The summed E-state index contributed by atoms with van der Waals surface area (Å²) in [5.74, 6) is 0.268. The van der Waals surface area contributed by atoms with Gasteiger partial charge in [-0.15, -0.1) is 0 Å². The van der Waals surface area contributed by atoms with E-state index >= 15 is 0 Å². The molecule has 110 valence electrons. The standard InChI is InChI=1S/C14H14ClN3O3/c15-13-7-12(18(20)21)8-14(17-13)16-11(9-19)6-10-4-2-1-3-5-10/h1-5,7-8,11,19H,6,9H2,(H,16,17). The third-order valence-corrected chi connectivity index (χ3v) is 3.08. The molecule has 21 heavy (non-hydrogen) atoms. The Balaban J connectivity index is 2.13. The van der Waals surface area contributed by atoms with Crippen molar-refractivity contribution < 1.29 is 10.0 Å². The van der Waals surface area contributed by atoms with Crippen LogP contribution in [0, 0.1) is 10.1 Å². The number of halogens is 1. The molecule has 2 aromatic rings. The van der Waals surface area contributed by atoms with Gasteiger partial charge >= 0.3 is 0 Å². The molecule has 1 aromatic carbocycles. The van der Waals surface area contributed by atoms with Crippen LogP contribution in [0.4, 0.5) is 11.5 Å². The second-order valence-corrected chi connectivity index (χ2v) is 4.89. The lowest BCUT2D eigenvalue weighted by molar-refractivity contribution is -0.384. The van der Waals surface area contributed by atoms with E-state index in [0.29, 0.717) is 6.42 Å². The lowest BCUT2D eigenvalue weighted by atomic mass is 10.1. The average molecular weight is 308 g/mol. The van der Waals surface area contributed by atoms with Crippen molar-refractivity contribution in [2.75, 3.05) is 11.9 Å². The Morgan fingerprint density at radius 1 is 1.33 bits per heavy atom. The van der Waals surface area contributed by atoms with Gasteiger partial charge in [-0.3, -0.25) is 10.1 Å². The van der Waals surface area contributed by atoms with E-state index in [2.05, 4.69) is 10.3 Å². The molecular weight excluding hydrogens is 294 g/mol. The number of hydrogen-bond donors (Lipinski definition) is 2. The number of anilines is 1. The Kier molecular flexibility index (Phi) is 5.08. The molecule has 0 aliphatic heterocycles. The predicted octanol–water partition coefficient (Wildman–Crippen LogP) is 2.66. The topological polar surface area (TPSA) is 88.3 Å². The van der Waals surface area contributed by atoms with Crippen LogP contribution in [-0.4, -0.2) is 27.7 Å². The second-order valence-electron chi connectivity index (χ2n) is 4.50. The Hall–Kier alpha value is -2.18. The highest BCUT2D eigenvalue weighted by atomic mass is 35.5. The lowest BCUT2D eigenvalue weighted by Crippen LogP contribution is -2.26. The molecule has 0 saturated carbocycles. The quantitative estimate of drug-likeness (QED) is 0.486. The SMILES string of the molecule is O=[N+]([O-])c1cc(Cl)nc(NC(CO)Cc2ccccc2)c1. The molecule has 2 N–H and O–H groups in total. The number of aliphatic hydroxyl groups is 1. The van der Waals surface area contributed by atoms with Crippen molar-refractivity contribution in [3.63, 3.8) is 0 Å². The largest absolute Gasteiger partial charge is 0.394 e. The van der Waals surface area contributed by atoms with Crippen molar-refractivity contribution in [2.45, 2.75) is 12.5 Å². The maximum Gasteiger partial charge on any atom is 0.276 e. The number of pyridine rings is 1. The number of nitrogens with one attached hydrogen (secondary N) is 1. The molecule has 0 fully saturated rings. The smallest absolute Gasteiger partial charge is 0.276 e. The fourth-order valence-electron chi connectivity index (χ4n) is 1.93. The molecule has 1 heterocycles. The van der Waals surface area contributed by atoms with Crippen LogP contribution < -0.4 is 5.32 Å². The molecule has 0 aliphatic rings. The Morgan fingerprint density at radius 2 is 2.05 bits per heavy atom. The van der Waals surface area contributed by atoms with Crippen LogP contribution in [0.3, 0.4) is 0 Å². The number of nitrogens with zero attached hydrogens (tertiary/aromatic N) is 2. The first-order valence-corrected chi connectivity index (χ1v) is 6.69. The molecule has 7 heteroatoms. The average Bonchev–Trinajstić information content (AvgIpc) is 2.47. The first-order valence-electron chi connectivity index (χ1n) is 6.32. The van der Waals surface area contributed by atoms with Crippen LogP contribution >= 0.6 is 11.6 Å². The Morgan fingerprint density at radius 3 is 2.67 bits per heavy atom. The van der Waals surface area contributed by atoms with Crippen molar-refractivity contribution in [3.05, 3.63) is 63.3 Å². The molecule has 2 rings (SSSR count). The minimum atomic E-state index is -0.538. The molecular formula is C14H14ClN3O3. The van der Waals surface area contributed by atoms with Crippen LogP contribution in [-0.2, 0) is 6.42 Å². The monoisotopic (exact) mass is 307 g/mol. The van der Waals surface area contributed by atoms with Crippen molar-refractivity contribution >= 4 is 23.1 Å². The predicted molar refractivity (Wildman–Crippen MR) is 80.5 cm³/mol. The molecule has 0 radical (unpaired) electrons. The number of rotatable bonds is 6. The van der Waals surface area contributed by atoms with Crippen LogP contribution in [0.15, 0.2) is 42.5 Å². The maximum absolute atomic E-state index is 10.8. The summed E-state index contributed by atoms with van der Waals surface area (Å²) in [6.45, 7) is -0.128. The minimum absolute atomic E-state index is 0.0306. The highest BCUT2D eigenvalue weighted by molar-refractivity contribution is 6.29. The van der Waals surface area contributed by atoms with Gasteiger partial charge in [0.05, 0.1) is 29.7 Å². The van der Waals surface area contributed by atoms with E-state index in [9.17, 15) is 15.2 Å². The Bertz CT molecular complexity index is 622. The van der Waals surface area contributed by atoms with Crippen LogP contribution in [0.25, 0.3) is 0 Å². The van der Waals surface area contributed by atoms with E-state index in [1.807, 2.05) is 30.3 Å². The highest BCUT2D eigenvalue weighted by Crippen LogP contribution is 2.21. The zero-order valence-electron chi connectivity index (χ0n) is 11.1. The van der Waals surface area contributed by atoms with Crippen molar-refractivity contribution in [3.8, 4) is 0 Å². The summed E-state index contributed by atoms with van der Waals surface area (Å²) in [6, 6.07) is 11.8. The number of hydrogen-bond acceptors (Lipinski definition) is 5. The van der Waals surface area contributed by atoms with E-state index in [4.69, 9.17) is 11.6 Å². The van der Waals surface area contributed by atoms with Gasteiger partial charge in [0.15, 0.2) is 0 Å². The van der Waals surface area contributed by atoms with E-state index < -0.39 is 4.92 Å². The second kappa shape index (κ2) is 7.01. The zero-order chi connectivity index (χ0) is 15.2. The van der Waals surface area contributed by atoms with Gasteiger partial charge in [0.2, 0.25) is 0 Å². The highest BCUT2D eigenvalue weighted by Gasteiger charge is 2.14. The zero-order valence-corrected chi connectivity index (χ0v) is 11.8. The number of aromatic nitrogens is 1. The number of nitro groups is 1. The molecule has 0 spiro atoms. The van der Waals surface area contributed by atoms with E-state index in [0.717, 1.165) is 5.56 Å². The molecule has 0 amide bonds. The first kappa shape index (κ1) is 15.2. The summed E-state index contributed by atoms with van der Waals surface area (Å²) in [4.78, 5) is 14.2. The van der Waals surface area contributed by atoms with E-state index in [1.165, 1.54) is 12.1 Å². The molecule has 1 unspecified atom stereocenters. The van der Waals surface area contributed by atoms with E-state index in [-0.39, 0.29) is 29.3 Å². The molecule has 1 atom stereocenters. The molecule has 6 nitrogen and oxygen atoms in total.